The molecule has 1 aliphatic carbocycles. The summed E-state index contributed by atoms with van der Waals surface area (Å²) < 4.78 is 0. The van der Waals surface area contributed by atoms with Crippen LogP contribution in [0.4, 0.5) is 5.82 Å². The average molecular weight is 368 g/mol. The zero-order valence-electron chi connectivity index (χ0n) is 16.3. The Morgan fingerprint density at radius 2 is 1.64 bits per heavy atom. The van der Waals surface area contributed by atoms with Gasteiger partial charge in [-0.25, -0.2) is 4.98 Å². The second-order valence-electron chi connectivity index (χ2n) is 8.51. The summed E-state index contributed by atoms with van der Waals surface area (Å²) in [6.07, 6.45) is 3.14. The van der Waals surface area contributed by atoms with Crippen molar-refractivity contribution in [1.29, 1.82) is 0 Å². The Morgan fingerprint density at radius 1 is 0.929 bits per heavy atom. The number of hydrogen-bond acceptors (Lipinski definition) is 3. The molecule has 1 aliphatic rings. The van der Waals surface area contributed by atoms with E-state index in [1.807, 2.05) is 6.07 Å². The van der Waals surface area contributed by atoms with Crippen LogP contribution >= 0.6 is 0 Å². The third-order valence-corrected chi connectivity index (χ3v) is 5.92. The Balaban J connectivity index is 1.81. The molecule has 140 valence electrons. The molecule has 0 saturated heterocycles. The van der Waals surface area contributed by atoms with Crippen molar-refractivity contribution in [2.75, 3.05) is 5.73 Å². The lowest BCUT2D eigenvalue weighted by atomic mass is 9.72. The normalized spacial score (nSPS) is 15.5. The van der Waals surface area contributed by atoms with E-state index in [1.165, 1.54) is 22.3 Å². The van der Waals surface area contributed by atoms with Crippen molar-refractivity contribution in [2.24, 2.45) is 5.41 Å². The van der Waals surface area contributed by atoms with Crippen LogP contribution in [-0.2, 0) is 12.8 Å². The van der Waals surface area contributed by atoms with Crippen molar-refractivity contribution in [3.8, 4) is 22.4 Å². The zero-order chi connectivity index (χ0) is 19.3. The fraction of sp³-hybridized carbons (Fsp3) is 0.250. The Hall–Kier alpha value is -3.14. The molecule has 0 atom stereocenters. The molecular weight excluding hydrogens is 344 g/mol. The number of anilines is 1. The van der Waals surface area contributed by atoms with Gasteiger partial charge in [0, 0.05) is 5.56 Å². The molecule has 28 heavy (non-hydrogen) atoms. The number of pyridine rings is 1. The molecule has 0 aliphatic heterocycles. The highest BCUT2D eigenvalue weighted by molar-refractivity contribution is 5.95. The molecule has 3 N–H and O–H groups in total. The number of nitrogen functional groups attached to an aromatic ring is 1. The van der Waals surface area contributed by atoms with Crippen molar-refractivity contribution in [2.45, 2.75) is 33.1 Å². The van der Waals surface area contributed by atoms with Crippen LogP contribution in [-0.4, -0.2) is 15.2 Å². The molecule has 2 heterocycles. The maximum atomic E-state index is 6.24. The van der Waals surface area contributed by atoms with Gasteiger partial charge in [0.15, 0.2) is 5.65 Å². The standard InChI is InChI=1S/C24H24N4/c1-24(2)13-12-18-19(14-24)20-22(25)27-28-23(20)26-21(18)17-11-7-6-10-16(17)15-8-4-3-5-9-15/h3-11H,12-14H2,1-2H3,(H3,25,26,27,28). The van der Waals surface area contributed by atoms with Crippen LogP contribution in [0.25, 0.3) is 33.4 Å². The van der Waals surface area contributed by atoms with Gasteiger partial charge in [0.2, 0.25) is 0 Å². The van der Waals surface area contributed by atoms with Crippen LogP contribution < -0.4 is 5.73 Å². The van der Waals surface area contributed by atoms with E-state index < -0.39 is 0 Å². The molecule has 4 aromatic rings. The number of fused-ring (bicyclic) bond motifs is 3. The maximum absolute atomic E-state index is 6.24. The predicted octanol–water partition coefficient (Wildman–Crippen LogP) is 5.39. The topological polar surface area (TPSA) is 67.6 Å². The fourth-order valence-electron chi connectivity index (χ4n) is 4.47. The molecule has 0 spiro atoms. The van der Waals surface area contributed by atoms with Gasteiger partial charge < -0.3 is 5.73 Å². The monoisotopic (exact) mass is 368 g/mol. The summed E-state index contributed by atoms with van der Waals surface area (Å²) in [5, 5.41) is 8.35. The van der Waals surface area contributed by atoms with Gasteiger partial charge in [-0.3, -0.25) is 5.10 Å². The van der Waals surface area contributed by atoms with E-state index in [4.69, 9.17) is 10.7 Å². The number of H-pyrrole nitrogens is 1. The molecule has 2 aromatic heterocycles. The summed E-state index contributed by atoms with van der Waals surface area (Å²) in [6.45, 7) is 4.66. The zero-order valence-corrected chi connectivity index (χ0v) is 16.3. The van der Waals surface area contributed by atoms with Gasteiger partial charge in [0.1, 0.15) is 5.82 Å². The smallest absolute Gasteiger partial charge is 0.183 e. The van der Waals surface area contributed by atoms with Crippen molar-refractivity contribution in [1.82, 2.24) is 15.2 Å². The highest BCUT2D eigenvalue weighted by Gasteiger charge is 2.31. The van der Waals surface area contributed by atoms with Crippen molar-refractivity contribution < 1.29 is 0 Å². The van der Waals surface area contributed by atoms with E-state index in [0.29, 0.717) is 11.5 Å². The summed E-state index contributed by atoms with van der Waals surface area (Å²) in [4.78, 5) is 4.99. The second kappa shape index (κ2) is 6.20. The number of aromatic amines is 1. The minimum atomic E-state index is 0.251. The summed E-state index contributed by atoms with van der Waals surface area (Å²) in [5.41, 5.74) is 14.4. The maximum Gasteiger partial charge on any atom is 0.183 e. The summed E-state index contributed by atoms with van der Waals surface area (Å²) in [6, 6.07) is 19.0. The lowest BCUT2D eigenvalue weighted by Gasteiger charge is -2.32. The largest absolute Gasteiger partial charge is 0.384 e. The molecule has 0 fully saturated rings. The van der Waals surface area contributed by atoms with Crippen molar-refractivity contribution in [3.63, 3.8) is 0 Å². The molecule has 0 amide bonds. The summed E-state index contributed by atoms with van der Waals surface area (Å²) in [7, 11) is 0. The Labute approximate surface area is 164 Å². The number of rotatable bonds is 2. The lowest BCUT2D eigenvalue weighted by Crippen LogP contribution is -2.23. The number of nitrogens with zero attached hydrogens (tertiary/aromatic N) is 2. The van der Waals surface area contributed by atoms with Crippen molar-refractivity contribution in [3.05, 3.63) is 65.7 Å². The first-order chi connectivity index (χ1) is 13.5. The highest BCUT2D eigenvalue weighted by Crippen LogP contribution is 2.44. The van der Waals surface area contributed by atoms with Gasteiger partial charge >= 0.3 is 0 Å². The molecule has 0 saturated carbocycles. The number of benzene rings is 2. The van der Waals surface area contributed by atoms with Gasteiger partial charge in [-0.2, -0.15) is 5.10 Å². The van der Waals surface area contributed by atoms with Gasteiger partial charge in [-0.05, 0) is 46.9 Å². The first-order valence-corrected chi connectivity index (χ1v) is 9.84. The number of nitrogens with two attached hydrogens (primary N) is 1. The highest BCUT2D eigenvalue weighted by atomic mass is 15.2. The van der Waals surface area contributed by atoms with Crippen LogP contribution in [0.2, 0.25) is 0 Å². The average Bonchev–Trinajstić information content (AvgIpc) is 3.08. The predicted molar refractivity (Wildman–Crippen MR) is 115 cm³/mol. The molecule has 0 bridgehead atoms. The van der Waals surface area contributed by atoms with E-state index in [2.05, 4.69) is 72.6 Å². The molecular formula is C24H24N4. The van der Waals surface area contributed by atoms with Gasteiger partial charge in [0.05, 0.1) is 11.1 Å². The summed E-state index contributed by atoms with van der Waals surface area (Å²) in [5.74, 6) is 0.624. The van der Waals surface area contributed by atoms with Crippen LogP contribution in [0, 0.1) is 5.41 Å². The third kappa shape index (κ3) is 2.68. The van der Waals surface area contributed by atoms with E-state index in [0.717, 1.165) is 35.9 Å². The van der Waals surface area contributed by atoms with Gasteiger partial charge in [-0.1, -0.05) is 68.4 Å². The molecule has 2 aromatic carbocycles. The van der Waals surface area contributed by atoms with Crippen molar-refractivity contribution >= 4 is 16.9 Å². The van der Waals surface area contributed by atoms with Gasteiger partial charge in [-0.15, -0.1) is 0 Å². The van der Waals surface area contributed by atoms with Crippen LogP contribution in [0.3, 0.4) is 0 Å². The quantitative estimate of drug-likeness (QED) is 0.498. The van der Waals surface area contributed by atoms with E-state index in [1.54, 1.807) is 0 Å². The number of hydrogen-bond donors (Lipinski definition) is 2. The molecule has 0 unspecified atom stereocenters. The van der Waals surface area contributed by atoms with Crippen LogP contribution in [0.5, 0.6) is 0 Å². The SMILES string of the molecule is CC1(C)CCc2c(-c3ccccc3-c3ccccc3)nc3n[nH]c(N)c3c2C1. The minimum Gasteiger partial charge on any atom is -0.384 e. The minimum absolute atomic E-state index is 0.251. The van der Waals surface area contributed by atoms with E-state index >= 15 is 0 Å². The third-order valence-electron chi connectivity index (χ3n) is 5.92. The Bertz CT molecular complexity index is 1170. The molecule has 5 rings (SSSR count). The Kier molecular flexibility index (Phi) is 3.76. The first-order valence-electron chi connectivity index (χ1n) is 9.84. The lowest BCUT2D eigenvalue weighted by molar-refractivity contribution is 0.317. The number of aromatic nitrogens is 3. The van der Waals surface area contributed by atoms with E-state index in [-0.39, 0.29) is 5.41 Å². The molecule has 4 heteroatoms. The fourth-order valence-corrected chi connectivity index (χ4v) is 4.47. The second-order valence-corrected chi connectivity index (χ2v) is 8.51. The molecule has 0 radical (unpaired) electrons. The van der Waals surface area contributed by atoms with E-state index in [9.17, 15) is 0 Å². The number of nitrogens with one attached hydrogen (secondary N) is 1. The molecule has 4 nitrogen and oxygen atoms in total. The van der Waals surface area contributed by atoms with Gasteiger partial charge in [0.25, 0.3) is 0 Å². The Morgan fingerprint density at radius 3 is 2.43 bits per heavy atom. The van der Waals surface area contributed by atoms with Crippen LogP contribution in [0.1, 0.15) is 31.4 Å². The van der Waals surface area contributed by atoms with Crippen LogP contribution in [0.15, 0.2) is 54.6 Å². The first kappa shape index (κ1) is 17.0. The summed E-state index contributed by atoms with van der Waals surface area (Å²) >= 11 is 0.